The average Bonchev–Trinajstić information content (AvgIpc) is 3.02. The number of rotatable bonds is 8. The van der Waals surface area contributed by atoms with Gasteiger partial charge in [0, 0.05) is 18.7 Å². The van der Waals surface area contributed by atoms with Crippen molar-refractivity contribution < 1.29 is 24.2 Å². The normalized spacial score (nSPS) is 18.0. The number of hydrogen-bond donors (Lipinski definition) is 1. The van der Waals surface area contributed by atoms with Gasteiger partial charge in [0.25, 0.3) is 11.7 Å². The predicted octanol–water partition coefficient (Wildman–Crippen LogP) is 3.08. The predicted molar refractivity (Wildman–Crippen MR) is 118 cm³/mol. The second-order valence-electron chi connectivity index (χ2n) is 7.53. The molecular weight excluding hydrogens is 396 g/mol. The van der Waals surface area contributed by atoms with E-state index in [9.17, 15) is 14.7 Å². The van der Waals surface area contributed by atoms with Gasteiger partial charge in [-0.3, -0.25) is 9.59 Å². The highest BCUT2D eigenvalue weighted by Crippen LogP contribution is 2.40. The number of likely N-dealkylation sites (tertiary alicyclic amines) is 1. The second kappa shape index (κ2) is 9.66. The molecular formula is C24H28N2O5. The van der Waals surface area contributed by atoms with Crippen molar-refractivity contribution in [3.63, 3.8) is 0 Å². The van der Waals surface area contributed by atoms with E-state index < -0.39 is 17.7 Å². The van der Waals surface area contributed by atoms with Crippen molar-refractivity contribution in [1.29, 1.82) is 0 Å². The van der Waals surface area contributed by atoms with Crippen LogP contribution >= 0.6 is 0 Å². The molecule has 0 spiro atoms. The first-order valence-electron chi connectivity index (χ1n) is 10.2. The van der Waals surface area contributed by atoms with Crippen LogP contribution in [0.1, 0.15) is 24.1 Å². The van der Waals surface area contributed by atoms with Gasteiger partial charge in [0.05, 0.1) is 25.3 Å². The number of likely N-dealkylation sites (N-methyl/N-ethyl adjacent to an activating group) is 1. The number of carbonyl (C=O) groups is 2. The van der Waals surface area contributed by atoms with Crippen molar-refractivity contribution in [2.24, 2.45) is 0 Å². The zero-order chi connectivity index (χ0) is 22.5. The molecule has 0 bridgehead atoms. The van der Waals surface area contributed by atoms with E-state index in [2.05, 4.69) is 0 Å². The molecule has 7 nitrogen and oxygen atoms in total. The summed E-state index contributed by atoms with van der Waals surface area (Å²) in [6, 6.07) is 13.3. The van der Waals surface area contributed by atoms with Gasteiger partial charge in [0.15, 0.2) is 0 Å². The third-order valence-electron chi connectivity index (χ3n) is 5.18. The van der Waals surface area contributed by atoms with Gasteiger partial charge in [-0.2, -0.15) is 0 Å². The summed E-state index contributed by atoms with van der Waals surface area (Å²) in [6.07, 6.45) is 0. The van der Waals surface area contributed by atoms with E-state index in [0.29, 0.717) is 42.3 Å². The Kier molecular flexibility index (Phi) is 6.97. The lowest BCUT2D eigenvalue weighted by atomic mass is 9.95. The van der Waals surface area contributed by atoms with E-state index in [1.54, 1.807) is 49.6 Å². The third kappa shape index (κ3) is 4.72. The molecule has 1 heterocycles. The highest BCUT2D eigenvalue weighted by Gasteiger charge is 2.46. The topological polar surface area (TPSA) is 79.3 Å². The van der Waals surface area contributed by atoms with Crippen LogP contribution in [0.2, 0.25) is 0 Å². The summed E-state index contributed by atoms with van der Waals surface area (Å²) in [5.41, 5.74) is 1.22. The van der Waals surface area contributed by atoms with E-state index in [4.69, 9.17) is 9.47 Å². The van der Waals surface area contributed by atoms with E-state index >= 15 is 0 Å². The Morgan fingerprint density at radius 3 is 2.42 bits per heavy atom. The molecule has 1 aliphatic rings. The molecule has 0 aliphatic carbocycles. The van der Waals surface area contributed by atoms with E-state index in [1.165, 1.54) is 4.90 Å². The Morgan fingerprint density at radius 1 is 1.10 bits per heavy atom. The van der Waals surface area contributed by atoms with Crippen LogP contribution in [-0.2, 0) is 9.59 Å². The molecule has 1 N–H and O–H groups in total. The van der Waals surface area contributed by atoms with E-state index in [0.717, 1.165) is 0 Å². The smallest absolute Gasteiger partial charge is 0.295 e. The number of benzene rings is 2. The minimum absolute atomic E-state index is 0.0705. The molecule has 1 saturated heterocycles. The lowest BCUT2D eigenvalue weighted by molar-refractivity contribution is -0.140. The van der Waals surface area contributed by atoms with E-state index in [1.807, 2.05) is 32.0 Å². The van der Waals surface area contributed by atoms with Gasteiger partial charge in [-0.05, 0) is 63.0 Å². The van der Waals surface area contributed by atoms with Crippen molar-refractivity contribution in [2.45, 2.75) is 13.0 Å². The van der Waals surface area contributed by atoms with Gasteiger partial charge in [-0.15, -0.1) is 0 Å². The number of nitrogens with zero attached hydrogens (tertiary/aromatic N) is 2. The standard InChI is InChI=1S/C24H28N2O5/c1-5-31-18-11-9-16(10-12-18)22(27)20-21(17-7-6-8-19(15-17)30-4)26(14-13-25(2)3)24(29)23(20)28/h6-12,15,21,27H,5,13-14H2,1-4H3/b22-20-. The third-order valence-corrected chi connectivity index (χ3v) is 5.18. The number of amides is 1. The molecule has 1 aliphatic heterocycles. The zero-order valence-corrected chi connectivity index (χ0v) is 18.3. The Labute approximate surface area is 182 Å². The molecule has 2 aromatic carbocycles. The van der Waals surface area contributed by atoms with Gasteiger partial charge in [0.1, 0.15) is 17.3 Å². The van der Waals surface area contributed by atoms with Crippen molar-refractivity contribution in [1.82, 2.24) is 9.80 Å². The number of methoxy groups -OCH3 is 1. The van der Waals surface area contributed by atoms with E-state index in [-0.39, 0.29) is 11.3 Å². The maximum Gasteiger partial charge on any atom is 0.295 e. The molecule has 31 heavy (non-hydrogen) atoms. The average molecular weight is 424 g/mol. The first-order valence-corrected chi connectivity index (χ1v) is 10.2. The van der Waals surface area contributed by atoms with Crippen molar-refractivity contribution in [2.75, 3.05) is 40.9 Å². The van der Waals surface area contributed by atoms with Crippen molar-refractivity contribution in [3.8, 4) is 11.5 Å². The maximum absolute atomic E-state index is 13.0. The highest BCUT2D eigenvalue weighted by molar-refractivity contribution is 6.46. The minimum atomic E-state index is -0.707. The van der Waals surface area contributed by atoms with Gasteiger partial charge >= 0.3 is 0 Å². The summed E-state index contributed by atoms with van der Waals surface area (Å²) in [7, 11) is 5.36. The quantitative estimate of drug-likeness (QED) is 0.399. The van der Waals surface area contributed by atoms with Crippen LogP contribution in [0.4, 0.5) is 0 Å². The second-order valence-corrected chi connectivity index (χ2v) is 7.53. The van der Waals surface area contributed by atoms with Crippen molar-refractivity contribution >= 4 is 17.4 Å². The molecule has 164 valence electrons. The summed E-state index contributed by atoms with van der Waals surface area (Å²) < 4.78 is 10.8. The van der Waals surface area contributed by atoms with Crippen LogP contribution in [0.15, 0.2) is 54.1 Å². The first-order chi connectivity index (χ1) is 14.9. The molecule has 1 fully saturated rings. The molecule has 1 unspecified atom stereocenters. The lowest BCUT2D eigenvalue weighted by Gasteiger charge is -2.26. The number of aliphatic hydroxyl groups excluding tert-OH is 1. The highest BCUT2D eigenvalue weighted by atomic mass is 16.5. The molecule has 7 heteroatoms. The van der Waals surface area contributed by atoms with Gasteiger partial charge in [0.2, 0.25) is 0 Å². The fraction of sp³-hybridized carbons (Fsp3) is 0.333. The first kappa shape index (κ1) is 22.4. The fourth-order valence-electron chi connectivity index (χ4n) is 3.61. The number of Topliss-reactive ketones (excluding diaryl/α,β-unsaturated/α-hetero) is 1. The fourth-order valence-corrected chi connectivity index (χ4v) is 3.61. The van der Waals surface area contributed by atoms with Crippen LogP contribution < -0.4 is 9.47 Å². The van der Waals surface area contributed by atoms with Crippen molar-refractivity contribution in [3.05, 3.63) is 65.2 Å². The minimum Gasteiger partial charge on any atom is -0.507 e. The van der Waals surface area contributed by atoms with Gasteiger partial charge in [-0.1, -0.05) is 12.1 Å². The molecule has 0 aromatic heterocycles. The molecule has 3 rings (SSSR count). The summed E-state index contributed by atoms with van der Waals surface area (Å²) >= 11 is 0. The maximum atomic E-state index is 13.0. The summed E-state index contributed by atoms with van der Waals surface area (Å²) in [4.78, 5) is 29.4. The Morgan fingerprint density at radius 2 is 1.81 bits per heavy atom. The molecule has 1 amide bonds. The van der Waals surface area contributed by atoms with Crippen LogP contribution in [0.3, 0.4) is 0 Å². The Balaban J connectivity index is 2.11. The summed E-state index contributed by atoms with van der Waals surface area (Å²) in [6.45, 7) is 3.34. The van der Waals surface area contributed by atoms with Crippen LogP contribution in [0.5, 0.6) is 11.5 Å². The Hall–Kier alpha value is -3.32. The zero-order valence-electron chi connectivity index (χ0n) is 18.3. The SMILES string of the molecule is CCOc1ccc(/C(O)=C2/C(=O)C(=O)N(CCN(C)C)C2c2cccc(OC)c2)cc1. The number of ketones is 1. The summed E-state index contributed by atoms with van der Waals surface area (Å²) in [5.74, 6) is -0.256. The number of carbonyl (C=O) groups excluding carboxylic acids is 2. The Bertz CT molecular complexity index is 982. The number of aliphatic hydroxyl groups is 1. The van der Waals surface area contributed by atoms with Gasteiger partial charge < -0.3 is 24.4 Å². The van der Waals surface area contributed by atoms with Crippen LogP contribution in [-0.4, -0.2) is 67.5 Å². The van der Waals surface area contributed by atoms with Gasteiger partial charge in [-0.25, -0.2) is 0 Å². The summed E-state index contributed by atoms with van der Waals surface area (Å²) in [5, 5.41) is 11.1. The van der Waals surface area contributed by atoms with Crippen LogP contribution in [0, 0.1) is 0 Å². The molecule has 0 saturated carbocycles. The molecule has 0 radical (unpaired) electrons. The van der Waals surface area contributed by atoms with Crippen LogP contribution in [0.25, 0.3) is 5.76 Å². The monoisotopic (exact) mass is 424 g/mol. The molecule has 1 atom stereocenters. The lowest BCUT2D eigenvalue weighted by Crippen LogP contribution is -2.35. The number of ether oxygens (including phenoxy) is 2. The number of hydrogen-bond acceptors (Lipinski definition) is 6. The largest absolute Gasteiger partial charge is 0.507 e. The molecule has 2 aromatic rings.